The monoisotopic (exact) mass is 473 g/mol. The summed E-state index contributed by atoms with van der Waals surface area (Å²) in [7, 11) is -2.14. The highest BCUT2D eigenvalue weighted by atomic mass is 35.5. The number of carbonyl (C=O) groups is 1. The van der Waals surface area contributed by atoms with Crippen LogP contribution in [0.1, 0.15) is 5.56 Å². The molecule has 2 aromatic carbocycles. The summed E-state index contributed by atoms with van der Waals surface area (Å²) in [6.45, 7) is 1.63. The van der Waals surface area contributed by atoms with Gasteiger partial charge < -0.3 is 9.80 Å². The summed E-state index contributed by atoms with van der Waals surface area (Å²) in [5.74, 6) is -0.973. The van der Waals surface area contributed by atoms with Gasteiger partial charge in [0.2, 0.25) is 15.9 Å². The van der Waals surface area contributed by atoms with Crippen LogP contribution in [0, 0.1) is 5.82 Å². The predicted octanol–water partition coefficient (Wildman–Crippen LogP) is 3.10. The van der Waals surface area contributed by atoms with E-state index in [9.17, 15) is 17.6 Å². The molecule has 6 nitrogen and oxygen atoms in total. The number of nitrogens with zero attached hydrogens (tertiary/aromatic N) is 3. The van der Waals surface area contributed by atoms with Crippen molar-refractivity contribution in [2.75, 3.05) is 39.8 Å². The Morgan fingerprint density at radius 3 is 2.30 bits per heavy atom. The van der Waals surface area contributed by atoms with Gasteiger partial charge in [0.05, 0.1) is 11.4 Å². The molecule has 0 aromatic heterocycles. The van der Waals surface area contributed by atoms with Crippen molar-refractivity contribution in [1.29, 1.82) is 0 Å². The molecule has 0 saturated carbocycles. The van der Waals surface area contributed by atoms with Gasteiger partial charge >= 0.3 is 0 Å². The van der Waals surface area contributed by atoms with E-state index in [1.165, 1.54) is 42.5 Å². The molecule has 1 aliphatic heterocycles. The molecule has 1 saturated heterocycles. The van der Waals surface area contributed by atoms with Crippen molar-refractivity contribution in [3.63, 3.8) is 0 Å². The summed E-state index contributed by atoms with van der Waals surface area (Å²) in [5, 5.41) is 0.476. The number of halogens is 3. The SMILES string of the molecule is CN1CCN(C(=O)CN(Cc2c(F)cccc2Cl)S(=O)(=O)c2ccc(Cl)cc2)CC1. The number of benzene rings is 2. The third-order valence-corrected chi connectivity index (χ3v) is 7.43. The first-order valence-corrected chi connectivity index (χ1v) is 11.5. The van der Waals surface area contributed by atoms with Gasteiger partial charge in [-0.15, -0.1) is 0 Å². The lowest BCUT2D eigenvalue weighted by Gasteiger charge is -2.34. The number of likely N-dealkylation sites (N-methyl/N-ethyl adjacent to an activating group) is 1. The highest BCUT2D eigenvalue weighted by Crippen LogP contribution is 2.25. The molecule has 1 fully saturated rings. The molecular weight excluding hydrogens is 452 g/mol. The quantitative estimate of drug-likeness (QED) is 0.646. The van der Waals surface area contributed by atoms with Crippen LogP contribution in [0.15, 0.2) is 47.4 Å². The molecule has 3 rings (SSSR count). The van der Waals surface area contributed by atoms with Crippen LogP contribution >= 0.6 is 23.2 Å². The van der Waals surface area contributed by atoms with Crippen LogP contribution in [0.3, 0.4) is 0 Å². The van der Waals surface area contributed by atoms with Crippen LogP contribution in [0.2, 0.25) is 10.0 Å². The van der Waals surface area contributed by atoms with Crippen molar-refractivity contribution in [2.45, 2.75) is 11.4 Å². The van der Waals surface area contributed by atoms with E-state index in [0.29, 0.717) is 31.2 Å². The van der Waals surface area contributed by atoms with Gasteiger partial charge in [-0.1, -0.05) is 29.3 Å². The van der Waals surface area contributed by atoms with Gasteiger partial charge in [-0.25, -0.2) is 12.8 Å². The fraction of sp³-hybridized carbons (Fsp3) is 0.350. The lowest BCUT2D eigenvalue weighted by atomic mass is 10.2. The van der Waals surface area contributed by atoms with Gasteiger partial charge in [-0.2, -0.15) is 4.31 Å². The van der Waals surface area contributed by atoms with Crippen LogP contribution in [0.5, 0.6) is 0 Å². The van der Waals surface area contributed by atoms with Crippen molar-refractivity contribution < 1.29 is 17.6 Å². The maximum atomic E-state index is 14.4. The molecule has 0 aliphatic carbocycles. The molecular formula is C20H22Cl2FN3O3S. The van der Waals surface area contributed by atoms with Gasteiger partial charge in [-0.05, 0) is 43.4 Å². The van der Waals surface area contributed by atoms with Gasteiger partial charge in [0, 0.05) is 48.3 Å². The minimum absolute atomic E-state index is 0.0166. The Balaban J connectivity index is 1.92. The largest absolute Gasteiger partial charge is 0.339 e. The first kappa shape index (κ1) is 23.0. The number of piperazine rings is 1. The van der Waals surface area contributed by atoms with E-state index in [1.54, 1.807) is 4.90 Å². The zero-order valence-electron chi connectivity index (χ0n) is 16.4. The second-order valence-corrected chi connectivity index (χ2v) is 9.89. The molecule has 0 atom stereocenters. The van der Waals surface area contributed by atoms with E-state index < -0.39 is 22.4 Å². The molecule has 1 aliphatic rings. The van der Waals surface area contributed by atoms with Gasteiger partial charge in [0.25, 0.3) is 0 Å². The molecule has 0 N–H and O–H groups in total. The molecule has 10 heteroatoms. The molecule has 162 valence electrons. The third kappa shape index (κ3) is 5.31. The number of rotatable bonds is 6. The van der Waals surface area contributed by atoms with Crippen molar-refractivity contribution in [2.24, 2.45) is 0 Å². The van der Waals surface area contributed by atoms with Crippen LogP contribution in [-0.2, 0) is 21.4 Å². The Labute approximate surface area is 185 Å². The average Bonchev–Trinajstić information content (AvgIpc) is 2.70. The first-order chi connectivity index (χ1) is 14.2. The second-order valence-electron chi connectivity index (χ2n) is 7.11. The third-order valence-electron chi connectivity index (χ3n) is 5.02. The van der Waals surface area contributed by atoms with E-state index in [-0.39, 0.29) is 27.9 Å². The maximum absolute atomic E-state index is 14.4. The molecule has 0 bridgehead atoms. The van der Waals surface area contributed by atoms with Crippen molar-refractivity contribution >= 4 is 39.1 Å². The topological polar surface area (TPSA) is 60.9 Å². The molecule has 0 unspecified atom stereocenters. The van der Waals surface area contributed by atoms with Crippen molar-refractivity contribution in [3.05, 3.63) is 63.9 Å². The first-order valence-electron chi connectivity index (χ1n) is 9.33. The fourth-order valence-electron chi connectivity index (χ4n) is 3.15. The lowest BCUT2D eigenvalue weighted by molar-refractivity contribution is -0.133. The zero-order valence-corrected chi connectivity index (χ0v) is 18.7. The molecule has 30 heavy (non-hydrogen) atoms. The Kier molecular flexibility index (Phi) is 7.36. The Hall–Kier alpha value is -1.71. The Morgan fingerprint density at radius 2 is 1.70 bits per heavy atom. The van der Waals surface area contributed by atoms with Crippen LogP contribution < -0.4 is 0 Å². The minimum atomic E-state index is -4.10. The van der Waals surface area contributed by atoms with Crippen LogP contribution in [0.4, 0.5) is 4.39 Å². The highest BCUT2D eigenvalue weighted by molar-refractivity contribution is 7.89. The molecule has 0 radical (unpaired) electrons. The average molecular weight is 474 g/mol. The van der Waals surface area contributed by atoms with Gasteiger partial charge in [0.15, 0.2) is 0 Å². The molecule has 0 spiro atoms. The molecule has 1 heterocycles. The summed E-state index contributed by atoms with van der Waals surface area (Å²) in [6.07, 6.45) is 0. The summed E-state index contributed by atoms with van der Waals surface area (Å²) in [5.41, 5.74) is 0.0166. The summed E-state index contributed by atoms with van der Waals surface area (Å²) in [6, 6.07) is 9.73. The lowest BCUT2D eigenvalue weighted by Crippen LogP contribution is -2.50. The summed E-state index contributed by atoms with van der Waals surface area (Å²) in [4.78, 5) is 16.5. The van der Waals surface area contributed by atoms with Gasteiger partial charge in [-0.3, -0.25) is 4.79 Å². The number of hydrogen-bond acceptors (Lipinski definition) is 4. The summed E-state index contributed by atoms with van der Waals surface area (Å²) < 4.78 is 41.9. The maximum Gasteiger partial charge on any atom is 0.243 e. The van der Waals surface area contributed by atoms with Crippen LogP contribution in [0.25, 0.3) is 0 Å². The zero-order chi connectivity index (χ0) is 21.9. The number of sulfonamides is 1. The summed E-state index contributed by atoms with van der Waals surface area (Å²) >= 11 is 12.0. The fourth-order valence-corrected chi connectivity index (χ4v) is 4.85. The van der Waals surface area contributed by atoms with E-state index in [2.05, 4.69) is 4.90 Å². The highest BCUT2D eigenvalue weighted by Gasteiger charge is 2.31. The van der Waals surface area contributed by atoms with Crippen molar-refractivity contribution in [3.8, 4) is 0 Å². The Morgan fingerprint density at radius 1 is 1.07 bits per heavy atom. The Bertz CT molecular complexity index is 990. The standard InChI is InChI=1S/C20H22Cl2FN3O3S/c1-24-9-11-25(12-10-24)20(27)14-26(13-17-18(22)3-2-4-19(17)23)30(28,29)16-7-5-15(21)6-8-16/h2-8H,9-14H2,1H3. The number of amides is 1. The van der Waals surface area contributed by atoms with Crippen LogP contribution in [-0.4, -0.2) is 68.2 Å². The van der Waals surface area contributed by atoms with E-state index in [0.717, 1.165) is 4.31 Å². The smallest absolute Gasteiger partial charge is 0.243 e. The minimum Gasteiger partial charge on any atom is -0.339 e. The molecule has 1 amide bonds. The van der Waals surface area contributed by atoms with E-state index >= 15 is 0 Å². The number of carbonyl (C=O) groups excluding carboxylic acids is 1. The predicted molar refractivity (Wildman–Crippen MR) is 115 cm³/mol. The number of hydrogen-bond donors (Lipinski definition) is 0. The van der Waals surface area contributed by atoms with Gasteiger partial charge in [0.1, 0.15) is 5.82 Å². The molecule has 2 aromatic rings. The van der Waals surface area contributed by atoms with E-state index in [1.807, 2.05) is 7.05 Å². The van der Waals surface area contributed by atoms with Crippen molar-refractivity contribution in [1.82, 2.24) is 14.1 Å². The second kappa shape index (κ2) is 9.62. The van der Waals surface area contributed by atoms with E-state index in [4.69, 9.17) is 23.2 Å². The normalized spacial score (nSPS) is 15.6.